The van der Waals surface area contributed by atoms with Crippen molar-refractivity contribution in [3.8, 4) is 0 Å². The van der Waals surface area contributed by atoms with Crippen LogP contribution in [0.4, 0.5) is 20.6 Å². The first-order chi connectivity index (χ1) is 15.0. The van der Waals surface area contributed by atoms with Crippen LogP contribution in [0.3, 0.4) is 0 Å². The highest BCUT2D eigenvalue weighted by atomic mass is 19.1. The number of nitrogens with one attached hydrogen (secondary N) is 2. The molecule has 0 saturated heterocycles. The number of hydrogen-bond donors (Lipinski definition) is 3. The molecule has 8 nitrogen and oxygen atoms in total. The number of aliphatic imine (C=N–C) groups is 1. The molecular weight excluding hydrogens is 401 g/mol. The normalized spacial score (nSPS) is 11.1. The highest BCUT2D eigenvalue weighted by molar-refractivity contribution is 5.99. The topological polar surface area (TPSA) is 99.1 Å². The van der Waals surface area contributed by atoms with E-state index in [4.69, 9.17) is 5.26 Å². The first-order valence-electron chi connectivity index (χ1n) is 10.3. The van der Waals surface area contributed by atoms with E-state index in [1.807, 2.05) is 6.92 Å². The van der Waals surface area contributed by atoms with Gasteiger partial charge in [-0.2, -0.15) is 0 Å². The van der Waals surface area contributed by atoms with Crippen LogP contribution in [0, 0.1) is 12.7 Å². The van der Waals surface area contributed by atoms with Gasteiger partial charge >= 0.3 is 6.03 Å². The number of amides is 2. The molecule has 0 aliphatic heterocycles. The number of rotatable bonds is 12. The summed E-state index contributed by atoms with van der Waals surface area (Å²) in [4.78, 5) is 26.3. The zero-order chi connectivity index (χ0) is 22.5. The highest BCUT2D eigenvalue weighted by Gasteiger charge is 2.12. The number of carbonyl (C=O) groups excluding carboxylic acids is 1. The number of pyridine rings is 1. The van der Waals surface area contributed by atoms with Gasteiger partial charge in [-0.25, -0.2) is 14.4 Å². The Balaban J connectivity index is 1.88. The SMILES string of the molecule is CCCN(CCCc1cccc(NC(=O)Nc2ccc(C)nc2)c1F)CC/N=C\OO. The van der Waals surface area contributed by atoms with Crippen LogP contribution in [-0.2, 0) is 11.3 Å². The third-order valence-electron chi connectivity index (χ3n) is 4.62. The van der Waals surface area contributed by atoms with E-state index in [-0.39, 0.29) is 5.69 Å². The molecule has 1 aromatic heterocycles. The molecule has 2 aromatic rings. The van der Waals surface area contributed by atoms with Crippen molar-refractivity contribution < 1.29 is 19.3 Å². The molecular formula is C22H30FN5O3. The Morgan fingerprint density at radius 1 is 1.26 bits per heavy atom. The third kappa shape index (κ3) is 8.69. The summed E-state index contributed by atoms with van der Waals surface area (Å²) < 4.78 is 14.9. The van der Waals surface area contributed by atoms with Crippen molar-refractivity contribution in [2.75, 3.05) is 36.8 Å². The number of hydrogen-bond acceptors (Lipinski definition) is 6. The van der Waals surface area contributed by atoms with Gasteiger partial charge < -0.3 is 20.4 Å². The monoisotopic (exact) mass is 431 g/mol. The maximum atomic E-state index is 14.9. The summed E-state index contributed by atoms with van der Waals surface area (Å²) >= 11 is 0. The Labute approximate surface area is 182 Å². The summed E-state index contributed by atoms with van der Waals surface area (Å²) in [7, 11) is 0. The van der Waals surface area contributed by atoms with Crippen molar-refractivity contribution in [2.24, 2.45) is 4.99 Å². The molecule has 0 aliphatic rings. The molecule has 0 bridgehead atoms. The van der Waals surface area contributed by atoms with Gasteiger partial charge in [-0.3, -0.25) is 9.98 Å². The molecule has 3 N–H and O–H groups in total. The molecule has 168 valence electrons. The smallest absolute Gasteiger partial charge is 0.323 e. The van der Waals surface area contributed by atoms with Gasteiger partial charge in [0.05, 0.1) is 24.1 Å². The zero-order valence-electron chi connectivity index (χ0n) is 18.0. The van der Waals surface area contributed by atoms with E-state index in [9.17, 15) is 9.18 Å². The van der Waals surface area contributed by atoms with Crippen LogP contribution in [-0.4, -0.2) is 53.8 Å². The summed E-state index contributed by atoms with van der Waals surface area (Å²) in [6.45, 7) is 6.90. The number of urea groups is 1. The van der Waals surface area contributed by atoms with Crippen molar-refractivity contribution in [3.05, 3.63) is 53.6 Å². The van der Waals surface area contributed by atoms with Crippen molar-refractivity contribution in [3.63, 3.8) is 0 Å². The molecule has 1 aromatic carbocycles. The molecule has 2 rings (SSSR count). The first kappa shape index (κ1) is 24.2. The van der Waals surface area contributed by atoms with Crippen molar-refractivity contribution in [1.29, 1.82) is 0 Å². The standard InChI is InChI=1S/C22H30FN5O3/c1-3-12-28(14-11-24-16-31-30)13-5-7-18-6-4-8-20(21(18)23)27-22(29)26-19-10-9-17(2)25-15-19/h4,6,8-10,15-16,30H,3,5,7,11-14H2,1-2H3,(H2,26,27,29)/b24-16-. The number of aryl methyl sites for hydroxylation is 2. The number of nitrogens with zero attached hydrogens (tertiary/aromatic N) is 3. The number of carbonyl (C=O) groups is 1. The average Bonchev–Trinajstić information content (AvgIpc) is 2.75. The van der Waals surface area contributed by atoms with Gasteiger partial charge in [-0.05, 0) is 63.0 Å². The molecule has 0 aliphatic carbocycles. The lowest BCUT2D eigenvalue weighted by atomic mass is 10.1. The molecule has 0 unspecified atom stereocenters. The van der Waals surface area contributed by atoms with Crippen LogP contribution in [0.15, 0.2) is 41.5 Å². The minimum Gasteiger partial charge on any atom is -0.328 e. The van der Waals surface area contributed by atoms with Gasteiger partial charge in [0.25, 0.3) is 0 Å². The van der Waals surface area contributed by atoms with E-state index in [0.29, 0.717) is 24.2 Å². The summed E-state index contributed by atoms with van der Waals surface area (Å²) in [5.74, 6) is -0.425. The van der Waals surface area contributed by atoms with Gasteiger partial charge in [0.2, 0.25) is 6.40 Å². The molecule has 0 fully saturated rings. The van der Waals surface area contributed by atoms with E-state index in [1.165, 1.54) is 6.07 Å². The lowest BCUT2D eigenvalue weighted by molar-refractivity contribution is -0.147. The molecule has 0 saturated carbocycles. The fraction of sp³-hybridized carbons (Fsp3) is 0.409. The van der Waals surface area contributed by atoms with Gasteiger partial charge in [-0.15, -0.1) is 0 Å². The van der Waals surface area contributed by atoms with Crippen LogP contribution < -0.4 is 10.6 Å². The van der Waals surface area contributed by atoms with Crippen molar-refractivity contribution in [1.82, 2.24) is 9.88 Å². The first-order valence-corrected chi connectivity index (χ1v) is 10.3. The van der Waals surface area contributed by atoms with E-state index in [2.05, 4.69) is 37.3 Å². The Morgan fingerprint density at radius 2 is 2.10 bits per heavy atom. The quantitative estimate of drug-likeness (QED) is 0.201. The molecule has 31 heavy (non-hydrogen) atoms. The molecule has 9 heteroatoms. The minimum absolute atomic E-state index is 0.138. The maximum Gasteiger partial charge on any atom is 0.323 e. The van der Waals surface area contributed by atoms with E-state index in [1.54, 1.807) is 30.5 Å². The number of benzene rings is 1. The average molecular weight is 432 g/mol. The highest BCUT2D eigenvalue weighted by Crippen LogP contribution is 2.20. The van der Waals surface area contributed by atoms with E-state index < -0.39 is 11.8 Å². The second-order valence-electron chi connectivity index (χ2n) is 7.11. The van der Waals surface area contributed by atoms with Gasteiger partial charge in [0.15, 0.2) is 0 Å². The number of aromatic nitrogens is 1. The lowest BCUT2D eigenvalue weighted by Crippen LogP contribution is -2.29. The maximum absolute atomic E-state index is 14.9. The fourth-order valence-electron chi connectivity index (χ4n) is 3.13. The summed E-state index contributed by atoms with van der Waals surface area (Å²) in [5, 5.41) is 13.5. The predicted octanol–water partition coefficient (Wildman–Crippen LogP) is 4.34. The molecule has 0 radical (unpaired) electrons. The zero-order valence-corrected chi connectivity index (χ0v) is 18.0. The summed E-state index contributed by atoms with van der Waals surface area (Å²) in [6.07, 6.45) is 4.87. The Bertz CT molecular complexity index is 846. The number of anilines is 2. The molecule has 0 atom stereocenters. The summed E-state index contributed by atoms with van der Waals surface area (Å²) in [6, 6.07) is 7.99. The summed E-state index contributed by atoms with van der Waals surface area (Å²) in [5.41, 5.74) is 2.07. The van der Waals surface area contributed by atoms with Gasteiger partial charge in [0.1, 0.15) is 5.82 Å². The second-order valence-corrected chi connectivity index (χ2v) is 7.11. The lowest BCUT2D eigenvalue weighted by Gasteiger charge is -2.20. The molecule has 0 spiro atoms. The van der Waals surface area contributed by atoms with Crippen molar-refractivity contribution in [2.45, 2.75) is 33.1 Å². The van der Waals surface area contributed by atoms with Crippen molar-refractivity contribution >= 4 is 23.8 Å². The minimum atomic E-state index is -0.525. The Morgan fingerprint density at radius 3 is 2.81 bits per heavy atom. The predicted molar refractivity (Wildman–Crippen MR) is 120 cm³/mol. The van der Waals surface area contributed by atoms with Crippen LogP contribution in [0.5, 0.6) is 0 Å². The van der Waals surface area contributed by atoms with Crippen LogP contribution >= 0.6 is 0 Å². The third-order valence-corrected chi connectivity index (χ3v) is 4.62. The van der Waals surface area contributed by atoms with E-state index in [0.717, 1.165) is 44.6 Å². The second kappa shape index (κ2) is 13.3. The van der Waals surface area contributed by atoms with E-state index >= 15 is 0 Å². The Kier molecular flexibility index (Phi) is 10.4. The molecule has 2 amide bonds. The number of halogens is 1. The largest absolute Gasteiger partial charge is 0.328 e. The van der Waals surface area contributed by atoms with Crippen LogP contribution in [0.1, 0.15) is 31.0 Å². The van der Waals surface area contributed by atoms with Gasteiger partial charge in [-0.1, -0.05) is 19.1 Å². The fourth-order valence-corrected chi connectivity index (χ4v) is 3.13. The molecule has 1 heterocycles. The van der Waals surface area contributed by atoms with Crippen LogP contribution in [0.2, 0.25) is 0 Å². The van der Waals surface area contributed by atoms with Gasteiger partial charge in [0, 0.05) is 12.2 Å². The Hall–Kier alpha value is -3.04. The van der Waals surface area contributed by atoms with Crippen LogP contribution in [0.25, 0.3) is 0 Å².